The van der Waals surface area contributed by atoms with Crippen LogP contribution in [0.15, 0.2) is 0 Å². The molecule has 0 amide bonds. The van der Waals surface area contributed by atoms with Crippen LogP contribution in [0, 0.1) is 5.92 Å². The number of likely N-dealkylation sites (N-methyl/N-ethyl adjacent to an activating group) is 1. The minimum atomic E-state index is -4.70. The predicted molar refractivity (Wildman–Crippen MR) is 50.4 cm³/mol. The van der Waals surface area contributed by atoms with Gasteiger partial charge in [-0.1, -0.05) is 0 Å². The first-order chi connectivity index (χ1) is 7.73. The summed E-state index contributed by atoms with van der Waals surface area (Å²) in [6.45, 7) is -0.633. The van der Waals surface area contributed by atoms with Crippen molar-refractivity contribution in [2.24, 2.45) is 5.92 Å². The van der Waals surface area contributed by atoms with Gasteiger partial charge in [-0.3, -0.25) is 9.69 Å². The van der Waals surface area contributed by atoms with Crippen molar-refractivity contribution in [3.8, 4) is 0 Å². The number of rotatable bonds is 4. The van der Waals surface area contributed by atoms with Crippen LogP contribution in [-0.2, 0) is 9.53 Å². The number of hydrogen-bond donors (Lipinski definition) is 2. The minimum absolute atomic E-state index is 0.0214. The normalized spacial score (nSPS) is 27.4. The number of alkyl halides is 3. The van der Waals surface area contributed by atoms with Gasteiger partial charge in [0.25, 0.3) is 0 Å². The third-order valence-electron chi connectivity index (χ3n) is 2.77. The van der Waals surface area contributed by atoms with Crippen LogP contribution in [0.5, 0.6) is 0 Å². The Morgan fingerprint density at radius 3 is 2.59 bits per heavy atom. The second-order valence-electron chi connectivity index (χ2n) is 4.05. The van der Waals surface area contributed by atoms with E-state index in [1.165, 1.54) is 11.9 Å². The lowest BCUT2D eigenvalue weighted by Gasteiger charge is -2.28. The van der Waals surface area contributed by atoms with E-state index in [9.17, 15) is 18.0 Å². The van der Waals surface area contributed by atoms with Gasteiger partial charge < -0.3 is 14.9 Å². The van der Waals surface area contributed by atoms with Crippen molar-refractivity contribution in [2.45, 2.75) is 18.3 Å². The van der Waals surface area contributed by atoms with E-state index in [4.69, 9.17) is 14.9 Å². The molecule has 0 bridgehead atoms. The van der Waals surface area contributed by atoms with E-state index < -0.39 is 36.8 Å². The molecule has 0 spiro atoms. The fraction of sp³-hybridized carbons (Fsp3) is 0.889. The summed E-state index contributed by atoms with van der Waals surface area (Å²) in [4.78, 5) is 12.0. The summed E-state index contributed by atoms with van der Waals surface area (Å²) in [5.41, 5.74) is 0. The van der Waals surface area contributed by atoms with Crippen molar-refractivity contribution in [3.05, 3.63) is 0 Å². The number of aliphatic hydroxyl groups is 1. The lowest BCUT2D eigenvalue weighted by Crippen LogP contribution is -2.47. The molecule has 0 radical (unpaired) electrons. The second-order valence-corrected chi connectivity index (χ2v) is 4.05. The first-order valence-electron chi connectivity index (χ1n) is 4.99. The number of carboxylic acid groups (broad SMARTS) is 1. The second kappa shape index (κ2) is 5.19. The van der Waals surface area contributed by atoms with Crippen LogP contribution >= 0.6 is 0 Å². The molecule has 3 unspecified atom stereocenters. The van der Waals surface area contributed by atoms with Gasteiger partial charge in [0.2, 0.25) is 0 Å². The maximum atomic E-state index is 12.1. The number of carbonyl (C=O) groups is 1. The van der Waals surface area contributed by atoms with Gasteiger partial charge in [0, 0.05) is 12.6 Å². The summed E-state index contributed by atoms with van der Waals surface area (Å²) in [6, 6.07) is -0.649. The van der Waals surface area contributed by atoms with Gasteiger partial charge in [-0.05, 0) is 7.05 Å². The smallest absolute Gasteiger partial charge is 0.415 e. The molecular weight excluding hydrogens is 243 g/mol. The molecule has 5 nitrogen and oxygen atoms in total. The molecule has 0 aromatic carbocycles. The van der Waals surface area contributed by atoms with Crippen molar-refractivity contribution in [1.82, 2.24) is 4.90 Å². The monoisotopic (exact) mass is 257 g/mol. The lowest BCUT2D eigenvalue weighted by molar-refractivity contribution is -0.208. The summed E-state index contributed by atoms with van der Waals surface area (Å²) in [5.74, 6) is -1.97. The Morgan fingerprint density at radius 1 is 1.53 bits per heavy atom. The first-order valence-corrected chi connectivity index (χ1v) is 4.99. The number of carboxylic acids is 1. The van der Waals surface area contributed by atoms with Crippen molar-refractivity contribution in [3.63, 3.8) is 0 Å². The van der Waals surface area contributed by atoms with Crippen LogP contribution in [0.4, 0.5) is 13.2 Å². The molecule has 1 fully saturated rings. The Bertz CT molecular complexity index is 284. The molecule has 1 aliphatic heterocycles. The largest absolute Gasteiger partial charge is 0.481 e. The summed E-state index contributed by atoms with van der Waals surface area (Å²) in [6.07, 6.45) is -7.19. The molecular formula is C9H14F3NO4. The summed E-state index contributed by atoms with van der Waals surface area (Å²) < 4.78 is 41.3. The molecule has 1 heterocycles. The van der Waals surface area contributed by atoms with Crippen LogP contribution in [0.1, 0.15) is 0 Å². The standard InChI is InChI=1S/C9H14F3NO4/c1-13(2-7(14)9(10,11)12)6-4-17-3-5(6)8(15)16/h5-7,14H,2-4H2,1H3,(H,15,16). The van der Waals surface area contributed by atoms with Crippen LogP contribution < -0.4 is 0 Å². The molecule has 100 valence electrons. The van der Waals surface area contributed by atoms with Crippen molar-refractivity contribution >= 4 is 5.97 Å². The fourth-order valence-corrected chi connectivity index (χ4v) is 1.72. The van der Waals surface area contributed by atoms with Gasteiger partial charge in [-0.15, -0.1) is 0 Å². The van der Waals surface area contributed by atoms with E-state index in [2.05, 4.69) is 0 Å². The topological polar surface area (TPSA) is 70.0 Å². The lowest BCUT2D eigenvalue weighted by atomic mass is 10.0. The highest BCUT2D eigenvalue weighted by Crippen LogP contribution is 2.24. The molecule has 1 aliphatic rings. The van der Waals surface area contributed by atoms with E-state index in [1.54, 1.807) is 0 Å². The van der Waals surface area contributed by atoms with Gasteiger partial charge in [-0.25, -0.2) is 0 Å². The number of aliphatic carboxylic acids is 1. The Kier molecular flexibility index (Phi) is 4.34. The molecule has 3 atom stereocenters. The fourth-order valence-electron chi connectivity index (χ4n) is 1.72. The number of ether oxygens (including phenoxy) is 1. The Hall–Kier alpha value is -0.860. The first kappa shape index (κ1) is 14.2. The average Bonchev–Trinajstić information content (AvgIpc) is 2.63. The minimum Gasteiger partial charge on any atom is -0.481 e. The van der Waals surface area contributed by atoms with Crippen LogP contribution in [0.25, 0.3) is 0 Å². The van der Waals surface area contributed by atoms with E-state index in [0.717, 1.165) is 0 Å². The summed E-state index contributed by atoms with van der Waals surface area (Å²) >= 11 is 0. The van der Waals surface area contributed by atoms with Gasteiger partial charge in [-0.2, -0.15) is 13.2 Å². The molecule has 0 saturated carbocycles. The summed E-state index contributed by atoms with van der Waals surface area (Å²) in [5, 5.41) is 17.7. The quantitative estimate of drug-likeness (QED) is 0.738. The van der Waals surface area contributed by atoms with E-state index >= 15 is 0 Å². The number of aliphatic hydroxyl groups excluding tert-OH is 1. The highest BCUT2D eigenvalue weighted by Gasteiger charge is 2.42. The van der Waals surface area contributed by atoms with Crippen LogP contribution in [0.3, 0.4) is 0 Å². The van der Waals surface area contributed by atoms with Gasteiger partial charge >= 0.3 is 12.1 Å². The molecule has 0 aliphatic carbocycles. The van der Waals surface area contributed by atoms with Gasteiger partial charge in [0.05, 0.1) is 19.1 Å². The Morgan fingerprint density at radius 2 is 2.12 bits per heavy atom. The third kappa shape index (κ3) is 3.55. The van der Waals surface area contributed by atoms with Crippen molar-refractivity contribution < 1.29 is 32.9 Å². The molecule has 8 heteroatoms. The molecule has 2 N–H and O–H groups in total. The van der Waals surface area contributed by atoms with Crippen LogP contribution in [0.2, 0.25) is 0 Å². The third-order valence-corrected chi connectivity index (χ3v) is 2.77. The molecule has 1 rings (SSSR count). The zero-order valence-electron chi connectivity index (χ0n) is 9.15. The SMILES string of the molecule is CN(CC(O)C(F)(F)F)C1COCC1C(=O)O. The van der Waals surface area contributed by atoms with Crippen LogP contribution in [-0.4, -0.2) is 66.2 Å². The highest BCUT2D eigenvalue weighted by molar-refractivity contribution is 5.71. The molecule has 1 saturated heterocycles. The zero-order chi connectivity index (χ0) is 13.2. The van der Waals surface area contributed by atoms with E-state index in [0.29, 0.717) is 0 Å². The van der Waals surface area contributed by atoms with Gasteiger partial charge in [0.15, 0.2) is 6.10 Å². The number of nitrogens with zero attached hydrogens (tertiary/aromatic N) is 1. The predicted octanol–water partition coefficient (Wildman–Crippen LogP) is -0.0590. The van der Waals surface area contributed by atoms with E-state index in [1.807, 2.05) is 0 Å². The van der Waals surface area contributed by atoms with Crippen molar-refractivity contribution in [2.75, 3.05) is 26.8 Å². The van der Waals surface area contributed by atoms with Crippen molar-refractivity contribution in [1.29, 1.82) is 0 Å². The summed E-state index contributed by atoms with van der Waals surface area (Å²) in [7, 11) is 1.34. The zero-order valence-corrected chi connectivity index (χ0v) is 9.15. The maximum absolute atomic E-state index is 12.1. The number of halogens is 3. The highest BCUT2D eigenvalue weighted by atomic mass is 19.4. The Labute approximate surface area is 95.8 Å². The van der Waals surface area contributed by atoms with Gasteiger partial charge in [0.1, 0.15) is 0 Å². The molecule has 0 aromatic heterocycles. The van der Waals surface area contributed by atoms with E-state index in [-0.39, 0.29) is 13.2 Å². The number of hydrogen-bond acceptors (Lipinski definition) is 4. The average molecular weight is 257 g/mol. The maximum Gasteiger partial charge on any atom is 0.415 e. The molecule has 0 aromatic rings. The molecule has 17 heavy (non-hydrogen) atoms. The Balaban J connectivity index is 2.58.